The summed E-state index contributed by atoms with van der Waals surface area (Å²) in [7, 11) is -9.91. The summed E-state index contributed by atoms with van der Waals surface area (Å²) in [5.74, 6) is 0.282. The first kappa shape index (κ1) is 95.1. The van der Waals surface area contributed by atoms with E-state index in [1.807, 2.05) is 0 Å². The summed E-state index contributed by atoms with van der Waals surface area (Å²) in [6, 6.07) is 0. The number of rotatable bonds is 76. The molecule has 576 valence electrons. The van der Waals surface area contributed by atoms with Gasteiger partial charge in [0.15, 0.2) is 12.2 Å². The molecule has 0 bridgehead atoms. The Morgan fingerprint density at radius 1 is 0.299 bits per heavy atom. The Labute approximate surface area is 594 Å². The molecule has 0 aliphatic heterocycles. The average Bonchev–Trinajstić information content (AvgIpc) is 1.77. The van der Waals surface area contributed by atoms with E-state index in [9.17, 15) is 43.2 Å². The topological polar surface area (TPSA) is 237 Å². The fourth-order valence-electron chi connectivity index (χ4n) is 11.9. The first-order valence-corrected chi connectivity index (χ1v) is 43.4. The van der Waals surface area contributed by atoms with Crippen LogP contribution < -0.4 is 0 Å². The van der Waals surface area contributed by atoms with Crippen LogP contribution in [-0.2, 0) is 65.4 Å². The van der Waals surface area contributed by atoms with E-state index >= 15 is 0 Å². The van der Waals surface area contributed by atoms with Crippen molar-refractivity contribution < 1.29 is 80.2 Å². The maximum atomic E-state index is 13.1. The molecule has 0 radical (unpaired) electrons. The van der Waals surface area contributed by atoms with Crippen LogP contribution in [0.3, 0.4) is 0 Å². The van der Waals surface area contributed by atoms with Gasteiger partial charge in [0.05, 0.1) is 26.4 Å². The van der Waals surface area contributed by atoms with Gasteiger partial charge in [-0.3, -0.25) is 37.3 Å². The van der Waals surface area contributed by atoms with E-state index < -0.39 is 97.5 Å². The molecule has 97 heavy (non-hydrogen) atoms. The highest BCUT2D eigenvalue weighted by atomic mass is 31.2. The SMILES string of the molecule is CCCCCCCCCCCCC(=O)OC[C@H](COP(=O)(O)OC[C@H](O)COP(=O)(O)OC[C@@H](COC(=O)CCCCCCCCCCCCC(C)C)OC(=O)CCCCCCCCCCCCCCCCCCCCC(C)CC)OC(=O)CCCCCCCCCCC(C)CC. The number of phosphoric ester groups is 2. The van der Waals surface area contributed by atoms with Crippen molar-refractivity contribution in [1.29, 1.82) is 0 Å². The molecule has 0 spiro atoms. The lowest BCUT2D eigenvalue weighted by atomic mass is 9.99. The summed E-state index contributed by atoms with van der Waals surface area (Å²) in [5, 5.41) is 10.6. The van der Waals surface area contributed by atoms with E-state index in [0.29, 0.717) is 25.7 Å². The zero-order valence-corrected chi connectivity index (χ0v) is 65.3. The van der Waals surface area contributed by atoms with Crippen LogP contribution in [-0.4, -0.2) is 96.7 Å². The molecular formula is C78H152O17P2. The van der Waals surface area contributed by atoms with Crippen LogP contribution in [0.5, 0.6) is 0 Å². The van der Waals surface area contributed by atoms with Crippen LogP contribution in [0.15, 0.2) is 0 Å². The van der Waals surface area contributed by atoms with Crippen LogP contribution >= 0.6 is 15.6 Å². The Kier molecular flexibility index (Phi) is 67.1. The molecule has 7 atom stereocenters. The van der Waals surface area contributed by atoms with Gasteiger partial charge >= 0.3 is 39.5 Å². The van der Waals surface area contributed by atoms with Gasteiger partial charge in [0.2, 0.25) is 0 Å². The van der Waals surface area contributed by atoms with Gasteiger partial charge in [-0.05, 0) is 43.4 Å². The summed E-state index contributed by atoms with van der Waals surface area (Å²) in [6.45, 7) is 12.0. The van der Waals surface area contributed by atoms with Crippen molar-refractivity contribution >= 4 is 39.5 Å². The van der Waals surface area contributed by atoms with Crippen molar-refractivity contribution in [2.75, 3.05) is 39.6 Å². The summed E-state index contributed by atoms with van der Waals surface area (Å²) in [5.41, 5.74) is 0. The maximum absolute atomic E-state index is 13.1. The van der Waals surface area contributed by atoms with Crippen molar-refractivity contribution in [3.8, 4) is 0 Å². The molecule has 3 N–H and O–H groups in total. The number of carbonyl (C=O) groups excluding carboxylic acids is 4. The Morgan fingerprint density at radius 2 is 0.526 bits per heavy atom. The predicted molar refractivity (Wildman–Crippen MR) is 395 cm³/mol. The Balaban J connectivity index is 5.20. The molecule has 0 heterocycles. The lowest BCUT2D eigenvalue weighted by molar-refractivity contribution is -0.161. The minimum Gasteiger partial charge on any atom is -0.462 e. The van der Waals surface area contributed by atoms with Crippen molar-refractivity contribution in [2.45, 2.75) is 420 Å². The number of unbranched alkanes of at least 4 members (excludes halogenated alkanes) is 42. The summed E-state index contributed by atoms with van der Waals surface area (Å²) < 4.78 is 68.5. The van der Waals surface area contributed by atoms with Crippen LogP contribution in [0.1, 0.15) is 402 Å². The van der Waals surface area contributed by atoms with Gasteiger partial charge in [-0.15, -0.1) is 0 Å². The molecule has 0 aromatic carbocycles. The summed E-state index contributed by atoms with van der Waals surface area (Å²) >= 11 is 0. The lowest BCUT2D eigenvalue weighted by Crippen LogP contribution is -2.30. The molecule has 0 fully saturated rings. The van der Waals surface area contributed by atoms with Crippen molar-refractivity contribution in [2.24, 2.45) is 17.8 Å². The van der Waals surface area contributed by atoms with Crippen LogP contribution in [0.2, 0.25) is 0 Å². The van der Waals surface area contributed by atoms with E-state index in [0.717, 1.165) is 108 Å². The molecule has 0 aromatic rings. The molecular weight excluding hydrogens is 1270 g/mol. The standard InChI is InChI=1S/C78H152O17P2/c1-8-11-12-13-14-15-30-38-45-52-59-75(80)88-66-74(95-78(83)62-55-48-41-34-33-37-44-51-58-71(7)10-3)68-93-97(86,87)91-64-72(79)63-90-96(84,85)92-67-73(65-89-76(81)60-53-46-39-31-27-26-28-35-42-49-56-69(4)5)94-77(82)61-54-47-40-32-25-23-21-19-17-16-18-20-22-24-29-36-43-50-57-70(6)9-2/h69-74,79H,8-68H2,1-7H3,(H,84,85)(H,86,87)/t70?,71?,72-,73-,74-/m1/s1. The monoisotopic (exact) mass is 1420 g/mol. The number of ether oxygens (including phenoxy) is 4. The van der Waals surface area contributed by atoms with Gasteiger partial charge < -0.3 is 33.8 Å². The number of esters is 4. The lowest BCUT2D eigenvalue weighted by Gasteiger charge is -2.21. The molecule has 0 aliphatic carbocycles. The fraction of sp³-hybridized carbons (Fsp3) is 0.949. The second-order valence-corrected chi connectivity index (χ2v) is 32.0. The molecule has 0 saturated heterocycles. The van der Waals surface area contributed by atoms with E-state index in [1.54, 1.807) is 0 Å². The highest BCUT2D eigenvalue weighted by Crippen LogP contribution is 2.45. The van der Waals surface area contributed by atoms with E-state index in [4.69, 9.17) is 37.0 Å². The van der Waals surface area contributed by atoms with Gasteiger partial charge in [0.25, 0.3) is 0 Å². The largest absolute Gasteiger partial charge is 0.472 e. The van der Waals surface area contributed by atoms with Crippen molar-refractivity contribution in [3.63, 3.8) is 0 Å². The molecule has 19 heteroatoms. The third-order valence-electron chi connectivity index (χ3n) is 18.9. The number of phosphoric acid groups is 2. The number of hydrogen-bond acceptors (Lipinski definition) is 15. The molecule has 0 saturated carbocycles. The van der Waals surface area contributed by atoms with Gasteiger partial charge in [-0.2, -0.15) is 0 Å². The first-order chi connectivity index (χ1) is 46.8. The van der Waals surface area contributed by atoms with Crippen molar-refractivity contribution in [1.82, 2.24) is 0 Å². The smallest absolute Gasteiger partial charge is 0.462 e. The quantitative estimate of drug-likeness (QED) is 0.0222. The second kappa shape index (κ2) is 68.5. The highest BCUT2D eigenvalue weighted by molar-refractivity contribution is 7.47. The third kappa shape index (κ3) is 69.5. The third-order valence-corrected chi connectivity index (χ3v) is 20.8. The molecule has 17 nitrogen and oxygen atoms in total. The Morgan fingerprint density at radius 3 is 0.784 bits per heavy atom. The minimum absolute atomic E-state index is 0.105. The zero-order chi connectivity index (χ0) is 71.6. The Bertz CT molecular complexity index is 1890. The average molecular weight is 1420 g/mol. The normalized spacial score (nSPS) is 14.6. The Hall–Kier alpha value is -1.94. The number of hydrogen-bond donors (Lipinski definition) is 3. The van der Waals surface area contributed by atoms with Gasteiger partial charge in [0, 0.05) is 25.7 Å². The molecule has 0 aliphatic rings. The maximum Gasteiger partial charge on any atom is 0.472 e. The highest BCUT2D eigenvalue weighted by Gasteiger charge is 2.30. The van der Waals surface area contributed by atoms with Crippen LogP contribution in [0, 0.1) is 17.8 Å². The van der Waals surface area contributed by atoms with Crippen LogP contribution in [0.25, 0.3) is 0 Å². The van der Waals surface area contributed by atoms with E-state index in [2.05, 4.69) is 48.5 Å². The van der Waals surface area contributed by atoms with Crippen LogP contribution in [0.4, 0.5) is 0 Å². The van der Waals surface area contributed by atoms with E-state index in [-0.39, 0.29) is 25.7 Å². The fourth-order valence-corrected chi connectivity index (χ4v) is 13.5. The van der Waals surface area contributed by atoms with E-state index in [1.165, 1.54) is 212 Å². The molecule has 0 aromatic heterocycles. The molecule has 0 amide bonds. The van der Waals surface area contributed by atoms with Gasteiger partial charge in [0.1, 0.15) is 19.3 Å². The summed E-state index contributed by atoms with van der Waals surface area (Å²) in [6.07, 6.45) is 55.5. The predicted octanol–water partition coefficient (Wildman–Crippen LogP) is 23.0. The van der Waals surface area contributed by atoms with Gasteiger partial charge in [-0.25, -0.2) is 9.13 Å². The molecule has 0 rings (SSSR count). The first-order valence-electron chi connectivity index (χ1n) is 40.4. The molecule has 4 unspecified atom stereocenters. The van der Waals surface area contributed by atoms with Crippen molar-refractivity contribution in [3.05, 3.63) is 0 Å². The minimum atomic E-state index is -4.96. The zero-order valence-electron chi connectivity index (χ0n) is 63.5. The summed E-state index contributed by atoms with van der Waals surface area (Å²) in [4.78, 5) is 72.8. The number of aliphatic hydroxyl groups excluding tert-OH is 1. The number of aliphatic hydroxyl groups is 1. The second-order valence-electron chi connectivity index (χ2n) is 29.1. The number of carbonyl (C=O) groups is 4. The van der Waals surface area contributed by atoms with Gasteiger partial charge in [-0.1, -0.05) is 350 Å².